The summed E-state index contributed by atoms with van der Waals surface area (Å²) in [5.41, 5.74) is 5.07. The molecular weight excluding hydrogens is 328 g/mol. The molecule has 3 aromatic carbocycles. The summed E-state index contributed by atoms with van der Waals surface area (Å²) in [6.07, 6.45) is 0. The predicted molar refractivity (Wildman–Crippen MR) is 110 cm³/mol. The molecule has 2 heteroatoms. The van der Waals surface area contributed by atoms with Crippen molar-refractivity contribution in [3.05, 3.63) is 100 Å². The second kappa shape index (κ2) is 11.3. The largest absolute Gasteiger partial charge is 0.497 e. The summed E-state index contributed by atoms with van der Waals surface area (Å²) in [5, 5.41) is 0.840. The highest BCUT2D eigenvalue weighted by atomic mass is 35.5. The minimum Gasteiger partial charge on any atom is -0.497 e. The Hall–Kier alpha value is -2.25. The van der Waals surface area contributed by atoms with Gasteiger partial charge in [0.2, 0.25) is 0 Å². The number of methoxy groups -OCH3 is 1. The zero-order valence-corrected chi connectivity index (χ0v) is 16.5. The zero-order chi connectivity index (χ0) is 18.7. The molecule has 0 aliphatic heterocycles. The van der Waals surface area contributed by atoms with Gasteiger partial charge in [-0.25, -0.2) is 0 Å². The molecule has 0 fully saturated rings. The Labute approximate surface area is 157 Å². The standard InChI is InChI=1S/C8H10O.C8H10.C7H7Cl/c1-7-3-5-8(9-2)6-4-7;1-7-4-3-5-8(2)6-7;1-6-4-2-3-5-7(6)8/h3-6H,1-2H3;3-6H,1-2H3;2-5H,1H3. The molecule has 0 aliphatic rings. The van der Waals surface area contributed by atoms with Crippen molar-refractivity contribution in [2.75, 3.05) is 7.11 Å². The fraction of sp³-hybridized carbons (Fsp3) is 0.217. The molecule has 0 radical (unpaired) electrons. The van der Waals surface area contributed by atoms with E-state index in [9.17, 15) is 0 Å². The van der Waals surface area contributed by atoms with Crippen molar-refractivity contribution in [2.45, 2.75) is 27.7 Å². The number of aryl methyl sites for hydroxylation is 4. The molecule has 25 heavy (non-hydrogen) atoms. The number of rotatable bonds is 1. The molecule has 0 saturated heterocycles. The molecule has 132 valence electrons. The van der Waals surface area contributed by atoms with Gasteiger partial charge in [0.05, 0.1) is 7.11 Å². The minimum absolute atomic E-state index is 0.840. The third-order valence-corrected chi connectivity index (χ3v) is 3.93. The first-order valence-corrected chi connectivity index (χ1v) is 8.65. The normalized spacial score (nSPS) is 9.20. The second-order valence-electron chi connectivity index (χ2n) is 5.92. The van der Waals surface area contributed by atoms with Crippen LogP contribution in [0.5, 0.6) is 5.75 Å². The van der Waals surface area contributed by atoms with Gasteiger partial charge in [0, 0.05) is 5.02 Å². The lowest BCUT2D eigenvalue weighted by Gasteiger charge is -1.97. The van der Waals surface area contributed by atoms with Gasteiger partial charge in [0.25, 0.3) is 0 Å². The summed E-state index contributed by atoms with van der Waals surface area (Å²) >= 11 is 5.71. The molecule has 0 aliphatic carbocycles. The van der Waals surface area contributed by atoms with E-state index in [0.717, 1.165) is 16.3 Å². The van der Waals surface area contributed by atoms with Crippen molar-refractivity contribution in [2.24, 2.45) is 0 Å². The molecule has 0 atom stereocenters. The van der Waals surface area contributed by atoms with Crippen LogP contribution < -0.4 is 4.74 Å². The average Bonchev–Trinajstić information content (AvgIpc) is 2.59. The maximum absolute atomic E-state index is 5.71. The monoisotopic (exact) mass is 354 g/mol. The molecule has 0 amide bonds. The van der Waals surface area contributed by atoms with Crippen LogP contribution in [-0.4, -0.2) is 7.11 Å². The number of benzene rings is 3. The van der Waals surface area contributed by atoms with Gasteiger partial charge in [0.1, 0.15) is 5.75 Å². The summed E-state index contributed by atoms with van der Waals surface area (Å²) in [4.78, 5) is 0. The van der Waals surface area contributed by atoms with Crippen LogP contribution in [0.2, 0.25) is 5.02 Å². The van der Waals surface area contributed by atoms with Crippen molar-refractivity contribution >= 4 is 11.6 Å². The van der Waals surface area contributed by atoms with Crippen LogP contribution in [0.15, 0.2) is 72.8 Å². The highest BCUT2D eigenvalue weighted by Crippen LogP contribution is 2.12. The van der Waals surface area contributed by atoms with Gasteiger partial charge >= 0.3 is 0 Å². The topological polar surface area (TPSA) is 9.23 Å². The predicted octanol–water partition coefficient (Wildman–Crippen LogP) is 6.96. The first kappa shape index (κ1) is 20.8. The van der Waals surface area contributed by atoms with Crippen LogP contribution in [0.1, 0.15) is 22.3 Å². The van der Waals surface area contributed by atoms with E-state index in [-0.39, 0.29) is 0 Å². The van der Waals surface area contributed by atoms with E-state index in [1.807, 2.05) is 55.5 Å². The van der Waals surface area contributed by atoms with Gasteiger partial charge in [0.15, 0.2) is 0 Å². The Balaban J connectivity index is 0.000000188. The van der Waals surface area contributed by atoms with Crippen LogP contribution in [0, 0.1) is 27.7 Å². The van der Waals surface area contributed by atoms with Crippen molar-refractivity contribution in [3.8, 4) is 5.75 Å². The fourth-order valence-corrected chi connectivity index (χ4v) is 2.17. The Kier molecular flexibility index (Phi) is 9.42. The molecule has 3 aromatic rings. The summed E-state index contributed by atoms with van der Waals surface area (Å²) in [6.45, 7) is 8.25. The first-order chi connectivity index (χ1) is 11.9. The second-order valence-corrected chi connectivity index (χ2v) is 6.33. The van der Waals surface area contributed by atoms with Gasteiger partial charge in [-0.05, 0) is 51.5 Å². The van der Waals surface area contributed by atoms with Crippen LogP contribution >= 0.6 is 11.6 Å². The van der Waals surface area contributed by atoms with Crippen molar-refractivity contribution in [3.63, 3.8) is 0 Å². The first-order valence-electron chi connectivity index (χ1n) is 8.27. The van der Waals surface area contributed by atoms with Crippen LogP contribution in [0.4, 0.5) is 0 Å². The third-order valence-electron chi connectivity index (χ3n) is 3.51. The van der Waals surface area contributed by atoms with E-state index in [1.54, 1.807) is 7.11 Å². The maximum atomic E-state index is 5.71. The zero-order valence-electron chi connectivity index (χ0n) is 15.7. The van der Waals surface area contributed by atoms with Crippen molar-refractivity contribution in [1.29, 1.82) is 0 Å². The molecule has 0 bridgehead atoms. The Morgan fingerprint density at radius 2 is 1.20 bits per heavy atom. The number of hydrogen-bond acceptors (Lipinski definition) is 1. The summed E-state index contributed by atoms with van der Waals surface area (Å²) in [7, 11) is 1.67. The SMILES string of the molecule is COc1ccc(C)cc1.Cc1cccc(C)c1.Cc1ccccc1Cl. The van der Waals surface area contributed by atoms with Gasteiger partial charge in [-0.2, -0.15) is 0 Å². The van der Waals surface area contributed by atoms with Crippen LogP contribution in [0.25, 0.3) is 0 Å². The molecule has 0 unspecified atom stereocenters. The Bertz CT molecular complexity index is 710. The molecule has 1 nitrogen and oxygen atoms in total. The average molecular weight is 355 g/mol. The number of hydrogen-bond donors (Lipinski definition) is 0. The smallest absolute Gasteiger partial charge is 0.118 e. The summed E-state index contributed by atoms with van der Waals surface area (Å²) in [6, 6.07) is 24.2. The quantitative estimate of drug-likeness (QED) is 0.459. The van der Waals surface area contributed by atoms with E-state index < -0.39 is 0 Å². The van der Waals surface area contributed by atoms with Crippen molar-refractivity contribution < 1.29 is 4.74 Å². The summed E-state index contributed by atoms with van der Waals surface area (Å²) in [5.74, 6) is 0.917. The van der Waals surface area contributed by atoms with E-state index in [4.69, 9.17) is 16.3 Å². The highest BCUT2D eigenvalue weighted by molar-refractivity contribution is 6.31. The molecule has 0 N–H and O–H groups in total. The van der Waals surface area contributed by atoms with E-state index in [0.29, 0.717) is 0 Å². The van der Waals surface area contributed by atoms with Gasteiger partial charge < -0.3 is 4.74 Å². The fourth-order valence-electron chi connectivity index (χ4n) is 2.03. The third kappa shape index (κ3) is 8.97. The number of halogens is 1. The Morgan fingerprint density at radius 3 is 1.56 bits per heavy atom. The molecule has 0 spiro atoms. The molecule has 3 rings (SSSR count). The van der Waals surface area contributed by atoms with Crippen LogP contribution in [0.3, 0.4) is 0 Å². The van der Waals surface area contributed by atoms with E-state index in [1.165, 1.54) is 16.7 Å². The lowest BCUT2D eigenvalue weighted by molar-refractivity contribution is 0.414. The number of ether oxygens (including phenoxy) is 1. The van der Waals surface area contributed by atoms with Gasteiger partial charge in [-0.15, -0.1) is 0 Å². The Morgan fingerprint density at radius 1 is 0.640 bits per heavy atom. The van der Waals surface area contributed by atoms with Crippen molar-refractivity contribution in [1.82, 2.24) is 0 Å². The van der Waals surface area contributed by atoms with Gasteiger partial charge in [-0.3, -0.25) is 0 Å². The maximum Gasteiger partial charge on any atom is 0.118 e. The molecule has 0 saturated carbocycles. The van der Waals surface area contributed by atoms with Gasteiger partial charge in [-0.1, -0.05) is 82.9 Å². The molecule has 0 heterocycles. The molecule has 0 aromatic heterocycles. The molecular formula is C23H27ClO. The highest BCUT2D eigenvalue weighted by Gasteiger charge is 1.87. The van der Waals surface area contributed by atoms with E-state index in [2.05, 4.69) is 45.0 Å². The summed E-state index contributed by atoms with van der Waals surface area (Å²) < 4.78 is 4.97. The minimum atomic E-state index is 0.840. The van der Waals surface area contributed by atoms with E-state index >= 15 is 0 Å². The lowest BCUT2D eigenvalue weighted by atomic mass is 10.2. The van der Waals surface area contributed by atoms with Crippen LogP contribution in [-0.2, 0) is 0 Å². The lowest BCUT2D eigenvalue weighted by Crippen LogP contribution is -1.80.